The molecule has 1 N–H and O–H groups in total. The number of hydrogen-bond donors (Lipinski definition) is 1. The zero-order chi connectivity index (χ0) is 13.1. The molecular weight excluding hydrogens is 268 g/mol. The van der Waals surface area contributed by atoms with Crippen molar-refractivity contribution in [1.29, 1.82) is 0 Å². The van der Waals surface area contributed by atoms with E-state index in [9.17, 15) is 4.79 Å². The van der Waals surface area contributed by atoms with Gasteiger partial charge in [-0.05, 0) is 25.0 Å². The van der Waals surface area contributed by atoms with E-state index in [1.54, 1.807) is 0 Å². The van der Waals surface area contributed by atoms with Gasteiger partial charge in [-0.25, -0.2) is 4.98 Å². The quantitative estimate of drug-likeness (QED) is 0.870. The van der Waals surface area contributed by atoms with Gasteiger partial charge in [0, 0.05) is 10.9 Å². The third-order valence-corrected chi connectivity index (χ3v) is 3.70. The molecule has 0 unspecified atom stereocenters. The van der Waals surface area contributed by atoms with Crippen LogP contribution in [0.4, 0.5) is 5.13 Å². The second-order valence-corrected chi connectivity index (χ2v) is 5.12. The molecule has 0 fully saturated rings. The topological polar surface area (TPSA) is 42.0 Å². The minimum Gasteiger partial charge on any atom is -0.298 e. The minimum absolute atomic E-state index is 0.124. The van der Waals surface area contributed by atoms with Gasteiger partial charge in [-0.15, -0.1) is 22.9 Å². The Hall–Kier alpha value is -1.39. The first-order valence-electron chi connectivity index (χ1n) is 5.49. The zero-order valence-electron chi connectivity index (χ0n) is 10.2. The SMILES string of the molecule is Cc1cccc(C)c1C(=O)Nc1nc(CCl)cs1. The Morgan fingerprint density at radius 2 is 2.06 bits per heavy atom. The lowest BCUT2D eigenvalue weighted by Crippen LogP contribution is -2.14. The fourth-order valence-electron chi connectivity index (χ4n) is 1.76. The number of hydrogen-bond acceptors (Lipinski definition) is 3. The third kappa shape index (κ3) is 2.71. The van der Waals surface area contributed by atoms with E-state index in [0.717, 1.165) is 16.8 Å². The molecule has 0 saturated heterocycles. The van der Waals surface area contributed by atoms with Crippen molar-refractivity contribution in [2.75, 3.05) is 5.32 Å². The number of amides is 1. The van der Waals surface area contributed by atoms with Gasteiger partial charge < -0.3 is 0 Å². The Morgan fingerprint density at radius 3 is 2.61 bits per heavy atom. The average Bonchev–Trinajstić information content (AvgIpc) is 2.76. The first-order valence-corrected chi connectivity index (χ1v) is 6.91. The van der Waals surface area contributed by atoms with Gasteiger partial charge in [0.1, 0.15) is 0 Å². The van der Waals surface area contributed by atoms with Gasteiger partial charge in [-0.2, -0.15) is 0 Å². The Bertz CT molecular complexity index is 560. The average molecular weight is 281 g/mol. The molecule has 0 aliphatic rings. The van der Waals surface area contributed by atoms with Crippen LogP contribution in [0, 0.1) is 13.8 Å². The minimum atomic E-state index is -0.124. The number of nitrogens with zero attached hydrogens (tertiary/aromatic N) is 1. The molecule has 1 amide bonds. The van der Waals surface area contributed by atoms with Crippen LogP contribution in [0.5, 0.6) is 0 Å². The van der Waals surface area contributed by atoms with Crippen molar-refractivity contribution in [3.8, 4) is 0 Å². The number of thiazole rings is 1. The Labute approximate surface area is 115 Å². The lowest BCUT2D eigenvalue weighted by atomic mass is 10.0. The molecule has 3 nitrogen and oxygen atoms in total. The summed E-state index contributed by atoms with van der Waals surface area (Å²) in [6.45, 7) is 3.85. The Morgan fingerprint density at radius 1 is 1.39 bits per heavy atom. The van der Waals surface area contributed by atoms with E-state index < -0.39 is 0 Å². The summed E-state index contributed by atoms with van der Waals surface area (Å²) in [5.41, 5.74) is 3.40. The first-order chi connectivity index (χ1) is 8.61. The lowest BCUT2D eigenvalue weighted by molar-refractivity contribution is 0.102. The van der Waals surface area contributed by atoms with Crippen molar-refractivity contribution in [2.45, 2.75) is 19.7 Å². The number of nitrogens with one attached hydrogen (secondary N) is 1. The van der Waals surface area contributed by atoms with Gasteiger partial charge in [0.2, 0.25) is 0 Å². The molecule has 0 aliphatic heterocycles. The van der Waals surface area contributed by atoms with Crippen LogP contribution >= 0.6 is 22.9 Å². The molecule has 1 heterocycles. The fourth-order valence-corrected chi connectivity index (χ4v) is 2.69. The number of aryl methyl sites for hydroxylation is 2. The van der Waals surface area contributed by atoms with E-state index in [-0.39, 0.29) is 5.91 Å². The van der Waals surface area contributed by atoms with E-state index in [2.05, 4.69) is 10.3 Å². The predicted molar refractivity (Wildman–Crippen MR) is 75.5 cm³/mol. The van der Waals surface area contributed by atoms with Gasteiger partial charge in [0.15, 0.2) is 5.13 Å². The van der Waals surface area contributed by atoms with E-state index >= 15 is 0 Å². The first kappa shape index (κ1) is 13.1. The normalized spacial score (nSPS) is 10.4. The molecule has 0 radical (unpaired) electrons. The molecule has 94 valence electrons. The van der Waals surface area contributed by atoms with Gasteiger partial charge >= 0.3 is 0 Å². The van der Waals surface area contributed by atoms with Crippen LogP contribution in [0.15, 0.2) is 23.6 Å². The molecule has 0 atom stereocenters. The van der Waals surface area contributed by atoms with Gasteiger partial charge in [0.05, 0.1) is 11.6 Å². The van der Waals surface area contributed by atoms with Crippen molar-refractivity contribution in [2.24, 2.45) is 0 Å². The smallest absolute Gasteiger partial charge is 0.257 e. The number of rotatable bonds is 3. The molecule has 18 heavy (non-hydrogen) atoms. The molecule has 0 spiro atoms. The van der Waals surface area contributed by atoms with Crippen LogP contribution in [0.3, 0.4) is 0 Å². The highest BCUT2D eigenvalue weighted by atomic mass is 35.5. The summed E-state index contributed by atoms with van der Waals surface area (Å²) in [6, 6.07) is 5.79. The van der Waals surface area contributed by atoms with Crippen LogP contribution in [-0.2, 0) is 5.88 Å². The van der Waals surface area contributed by atoms with E-state index in [4.69, 9.17) is 11.6 Å². The number of aromatic nitrogens is 1. The van der Waals surface area contributed by atoms with E-state index in [1.165, 1.54) is 11.3 Å². The molecular formula is C13H13ClN2OS. The van der Waals surface area contributed by atoms with Crippen LogP contribution < -0.4 is 5.32 Å². The van der Waals surface area contributed by atoms with Crippen molar-refractivity contribution in [3.05, 3.63) is 46.0 Å². The lowest BCUT2D eigenvalue weighted by Gasteiger charge is -2.08. The van der Waals surface area contributed by atoms with E-state index in [1.807, 2.05) is 37.4 Å². The monoisotopic (exact) mass is 280 g/mol. The summed E-state index contributed by atoms with van der Waals surface area (Å²) in [5.74, 6) is 0.233. The molecule has 5 heteroatoms. The Kier molecular flexibility index (Phi) is 3.99. The molecule has 1 aromatic carbocycles. The van der Waals surface area contributed by atoms with Gasteiger partial charge in [-0.1, -0.05) is 18.2 Å². The van der Waals surface area contributed by atoms with Crippen LogP contribution in [0.2, 0.25) is 0 Å². The summed E-state index contributed by atoms with van der Waals surface area (Å²) in [5, 5.41) is 5.23. The standard InChI is InChI=1S/C13H13ClN2OS/c1-8-4-3-5-9(2)11(8)12(17)16-13-15-10(6-14)7-18-13/h3-5,7H,6H2,1-2H3,(H,15,16,17). The molecule has 0 saturated carbocycles. The van der Waals surface area contributed by atoms with Gasteiger partial charge in [-0.3, -0.25) is 10.1 Å². The highest BCUT2D eigenvalue weighted by molar-refractivity contribution is 7.14. The summed E-state index contributed by atoms with van der Waals surface area (Å²) >= 11 is 7.06. The largest absolute Gasteiger partial charge is 0.298 e. The zero-order valence-corrected chi connectivity index (χ0v) is 11.7. The fraction of sp³-hybridized carbons (Fsp3) is 0.231. The van der Waals surface area contributed by atoms with Crippen molar-refractivity contribution >= 4 is 34.0 Å². The molecule has 0 aliphatic carbocycles. The number of carbonyl (C=O) groups excluding carboxylic acids is 1. The summed E-state index contributed by atoms with van der Waals surface area (Å²) in [4.78, 5) is 16.4. The number of carbonyl (C=O) groups is 1. The maximum Gasteiger partial charge on any atom is 0.257 e. The molecule has 2 aromatic rings. The molecule has 1 aromatic heterocycles. The van der Waals surface area contributed by atoms with Gasteiger partial charge in [0.25, 0.3) is 5.91 Å². The summed E-state index contributed by atoms with van der Waals surface area (Å²) < 4.78 is 0. The van der Waals surface area contributed by atoms with Crippen LogP contribution in [0.25, 0.3) is 0 Å². The molecule has 0 bridgehead atoms. The highest BCUT2D eigenvalue weighted by Gasteiger charge is 2.13. The van der Waals surface area contributed by atoms with Crippen LogP contribution in [0.1, 0.15) is 27.2 Å². The summed E-state index contributed by atoms with van der Waals surface area (Å²) in [7, 11) is 0. The second-order valence-electron chi connectivity index (χ2n) is 4.00. The summed E-state index contributed by atoms with van der Waals surface area (Å²) in [6.07, 6.45) is 0. The molecule has 2 rings (SSSR count). The van der Waals surface area contributed by atoms with Crippen LogP contribution in [-0.4, -0.2) is 10.9 Å². The van der Waals surface area contributed by atoms with Crippen molar-refractivity contribution in [3.63, 3.8) is 0 Å². The highest BCUT2D eigenvalue weighted by Crippen LogP contribution is 2.20. The number of anilines is 1. The maximum atomic E-state index is 12.2. The predicted octanol–water partition coefficient (Wildman–Crippen LogP) is 3.75. The third-order valence-electron chi connectivity index (χ3n) is 2.62. The number of alkyl halides is 1. The van der Waals surface area contributed by atoms with Crippen molar-refractivity contribution in [1.82, 2.24) is 4.98 Å². The number of benzene rings is 1. The van der Waals surface area contributed by atoms with Crippen molar-refractivity contribution < 1.29 is 4.79 Å². The second kappa shape index (κ2) is 5.50. The van der Waals surface area contributed by atoms with E-state index in [0.29, 0.717) is 16.6 Å². The Balaban J connectivity index is 2.22. The number of halogens is 1. The maximum absolute atomic E-state index is 12.2.